The van der Waals surface area contributed by atoms with E-state index in [2.05, 4.69) is 40.7 Å². The van der Waals surface area contributed by atoms with Crippen LogP contribution in [0.3, 0.4) is 0 Å². The third-order valence-electron chi connectivity index (χ3n) is 3.84. The summed E-state index contributed by atoms with van der Waals surface area (Å²) < 4.78 is 0. The van der Waals surface area contributed by atoms with E-state index in [1.165, 1.54) is 11.3 Å². The molecule has 1 aliphatic rings. The normalized spacial score (nSPS) is 16.2. The molecule has 1 aromatic carbocycles. The number of amides is 2. The highest BCUT2D eigenvalue weighted by Gasteiger charge is 2.24. The van der Waals surface area contributed by atoms with Crippen LogP contribution in [0.4, 0.5) is 10.5 Å². The van der Waals surface area contributed by atoms with E-state index in [-0.39, 0.29) is 12.5 Å². The number of carbonyl (C=O) groups excluding carboxylic acids is 1. The molecule has 0 saturated heterocycles. The van der Waals surface area contributed by atoms with E-state index in [0.29, 0.717) is 25.6 Å². The van der Waals surface area contributed by atoms with Crippen molar-refractivity contribution in [3.8, 4) is 0 Å². The van der Waals surface area contributed by atoms with Crippen LogP contribution in [-0.4, -0.2) is 42.8 Å². The van der Waals surface area contributed by atoms with Crippen molar-refractivity contribution in [2.45, 2.75) is 32.2 Å². The monoisotopic (exact) mass is 305 g/mol. The lowest BCUT2D eigenvalue weighted by Crippen LogP contribution is -2.42. The maximum atomic E-state index is 11.6. The summed E-state index contributed by atoms with van der Waals surface area (Å²) in [6.07, 6.45) is 1.55. The fourth-order valence-electron chi connectivity index (χ4n) is 2.76. The number of anilines is 1. The van der Waals surface area contributed by atoms with Gasteiger partial charge in [0.1, 0.15) is 0 Å². The number of fused-ring (bicyclic) bond motifs is 1. The maximum Gasteiger partial charge on any atom is 0.314 e. The Labute approximate surface area is 130 Å². The Morgan fingerprint density at radius 1 is 1.27 bits per heavy atom. The van der Waals surface area contributed by atoms with Gasteiger partial charge in [-0.2, -0.15) is 0 Å². The molecule has 0 aromatic heterocycles. The molecule has 0 radical (unpaired) electrons. The third-order valence-corrected chi connectivity index (χ3v) is 3.84. The van der Waals surface area contributed by atoms with Crippen LogP contribution in [0.15, 0.2) is 24.3 Å². The minimum Gasteiger partial charge on any atom is -0.481 e. The maximum absolute atomic E-state index is 11.6. The predicted octanol–water partition coefficient (Wildman–Crippen LogP) is 1.60. The second-order valence-corrected chi connectivity index (χ2v) is 5.56. The van der Waals surface area contributed by atoms with Crippen molar-refractivity contribution in [2.75, 3.05) is 24.5 Å². The van der Waals surface area contributed by atoms with Crippen LogP contribution in [0.5, 0.6) is 0 Å². The molecule has 1 unspecified atom stereocenters. The van der Waals surface area contributed by atoms with Gasteiger partial charge in [-0.1, -0.05) is 18.2 Å². The van der Waals surface area contributed by atoms with Gasteiger partial charge in [0.2, 0.25) is 0 Å². The number of aliphatic carboxylic acids is 1. The molecular formula is C16H23N3O3. The van der Waals surface area contributed by atoms with Crippen LogP contribution in [0.25, 0.3) is 0 Å². The number of hydrogen-bond donors (Lipinski definition) is 3. The summed E-state index contributed by atoms with van der Waals surface area (Å²) in [4.78, 5) is 24.3. The topological polar surface area (TPSA) is 81.7 Å². The first-order valence-electron chi connectivity index (χ1n) is 7.66. The number of urea groups is 1. The largest absolute Gasteiger partial charge is 0.481 e. The van der Waals surface area contributed by atoms with Crippen molar-refractivity contribution in [2.24, 2.45) is 0 Å². The molecule has 2 amide bonds. The molecule has 0 fully saturated rings. The quantitative estimate of drug-likeness (QED) is 0.668. The minimum atomic E-state index is -0.844. The van der Waals surface area contributed by atoms with E-state index in [1.807, 2.05) is 6.07 Å². The zero-order valence-corrected chi connectivity index (χ0v) is 12.8. The number of hydrogen-bond acceptors (Lipinski definition) is 3. The second-order valence-electron chi connectivity index (χ2n) is 5.56. The Balaban J connectivity index is 1.68. The molecule has 1 atom stereocenters. The van der Waals surface area contributed by atoms with Crippen LogP contribution in [0, 0.1) is 0 Å². The molecule has 3 N–H and O–H groups in total. The molecule has 0 saturated carbocycles. The van der Waals surface area contributed by atoms with Crippen LogP contribution in [0.1, 0.15) is 25.3 Å². The van der Waals surface area contributed by atoms with Gasteiger partial charge in [0.25, 0.3) is 0 Å². The standard InChI is InChI=1S/C16H23N3O3/c1-12-11-13-5-2-3-6-14(13)19(12)10-9-18-16(22)17-8-4-7-15(20)21/h2-3,5-6,12H,4,7-11H2,1H3,(H,20,21)(H2,17,18,22). The number of rotatable bonds is 7. The lowest BCUT2D eigenvalue weighted by atomic mass is 10.1. The molecule has 1 heterocycles. The Kier molecular flexibility index (Phi) is 5.63. The molecular weight excluding hydrogens is 282 g/mol. The molecule has 6 nitrogen and oxygen atoms in total. The van der Waals surface area contributed by atoms with E-state index in [0.717, 1.165) is 13.0 Å². The highest BCUT2D eigenvalue weighted by atomic mass is 16.4. The summed E-state index contributed by atoms with van der Waals surface area (Å²) in [6, 6.07) is 8.55. The molecule has 1 aromatic rings. The number of nitrogens with zero attached hydrogens (tertiary/aromatic N) is 1. The molecule has 0 aliphatic carbocycles. The predicted molar refractivity (Wildman–Crippen MR) is 85.2 cm³/mol. The fraction of sp³-hybridized carbons (Fsp3) is 0.500. The molecule has 6 heteroatoms. The second kappa shape index (κ2) is 7.68. The smallest absolute Gasteiger partial charge is 0.314 e. The van der Waals surface area contributed by atoms with Crippen LogP contribution >= 0.6 is 0 Å². The van der Waals surface area contributed by atoms with Crippen LogP contribution in [0.2, 0.25) is 0 Å². The van der Waals surface area contributed by atoms with Crippen LogP contribution < -0.4 is 15.5 Å². The molecule has 1 aliphatic heterocycles. The van der Waals surface area contributed by atoms with E-state index in [1.54, 1.807) is 0 Å². The first-order valence-corrected chi connectivity index (χ1v) is 7.66. The zero-order chi connectivity index (χ0) is 15.9. The van der Waals surface area contributed by atoms with Gasteiger partial charge in [-0.25, -0.2) is 4.79 Å². The van der Waals surface area contributed by atoms with Crippen molar-refractivity contribution in [3.05, 3.63) is 29.8 Å². The molecule has 0 bridgehead atoms. The third kappa shape index (κ3) is 4.38. The Morgan fingerprint density at radius 2 is 2.00 bits per heavy atom. The van der Waals surface area contributed by atoms with Gasteiger partial charge in [0.15, 0.2) is 0 Å². The number of carbonyl (C=O) groups is 2. The number of para-hydroxylation sites is 1. The Bertz CT molecular complexity index is 533. The van der Waals surface area contributed by atoms with Gasteiger partial charge in [-0.15, -0.1) is 0 Å². The SMILES string of the molecule is CC1Cc2ccccc2N1CCNC(=O)NCCCC(=O)O. The number of benzene rings is 1. The molecule has 22 heavy (non-hydrogen) atoms. The van der Waals surface area contributed by atoms with Gasteiger partial charge in [-0.05, 0) is 31.4 Å². The molecule has 0 spiro atoms. The van der Waals surface area contributed by atoms with Crippen molar-refractivity contribution in [1.82, 2.24) is 10.6 Å². The van der Waals surface area contributed by atoms with Crippen LogP contribution in [-0.2, 0) is 11.2 Å². The average Bonchev–Trinajstić information content (AvgIpc) is 2.80. The summed E-state index contributed by atoms with van der Waals surface area (Å²) >= 11 is 0. The zero-order valence-electron chi connectivity index (χ0n) is 12.8. The van der Waals surface area contributed by atoms with Gasteiger partial charge in [0, 0.05) is 37.8 Å². The van der Waals surface area contributed by atoms with Gasteiger partial charge in [-0.3, -0.25) is 4.79 Å². The Morgan fingerprint density at radius 3 is 2.77 bits per heavy atom. The lowest BCUT2D eigenvalue weighted by molar-refractivity contribution is -0.137. The van der Waals surface area contributed by atoms with Gasteiger partial charge in [0.05, 0.1) is 0 Å². The number of nitrogens with one attached hydrogen (secondary N) is 2. The first-order chi connectivity index (χ1) is 10.6. The van der Waals surface area contributed by atoms with Crippen molar-refractivity contribution in [1.29, 1.82) is 0 Å². The number of carboxylic acids is 1. The van der Waals surface area contributed by atoms with Crippen molar-refractivity contribution >= 4 is 17.7 Å². The fourth-order valence-corrected chi connectivity index (χ4v) is 2.76. The van der Waals surface area contributed by atoms with Gasteiger partial charge >= 0.3 is 12.0 Å². The molecule has 120 valence electrons. The van der Waals surface area contributed by atoms with E-state index in [4.69, 9.17) is 5.11 Å². The molecule has 2 rings (SSSR count). The minimum absolute atomic E-state index is 0.0718. The van der Waals surface area contributed by atoms with E-state index < -0.39 is 5.97 Å². The summed E-state index contributed by atoms with van der Waals surface area (Å²) in [5.74, 6) is -0.844. The summed E-state index contributed by atoms with van der Waals surface area (Å²) in [6.45, 7) is 3.89. The average molecular weight is 305 g/mol. The van der Waals surface area contributed by atoms with E-state index in [9.17, 15) is 9.59 Å². The number of carboxylic acid groups (broad SMARTS) is 1. The lowest BCUT2D eigenvalue weighted by Gasteiger charge is -2.25. The first kappa shape index (κ1) is 16.1. The summed E-state index contributed by atoms with van der Waals surface area (Å²) in [5.41, 5.74) is 2.60. The Hall–Kier alpha value is -2.24. The van der Waals surface area contributed by atoms with E-state index >= 15 is 0 Å². The van der Waals surface area contributed by atoms with Gasteiger partial charge < -0.3 is 20.6 Å². The van der Waals surface area contributed by atoms with Crippen molar-refractivity contribution < 1.29 is 14.7 Å². The highest BCUT2D eigenvalue weighted by Crippen LogP contribution is 2.30. The summed E-state index contributed by atoms with van der Waals surface area (Å²) in [7, 11) is 0. The van der Waals surface area contributed by atoms with Crippen molar-refractivity contribution in [3.63, 3.8) is 0 Å². The highest BCUT2D eigenvalue weighted by molar-refractivity contribution is 5.74. The summed E-state index contributed by atoms with van der Waals surface area (Å²) in [5, 5.41) is 14.0.